The van der Waals surface area contributed by atoms with Crippen molar-refractivity contribution in [2.75, 3.05) is 45.7 Å². The maximum atomic E-state index is 12.5. The third kappa shape index (κ3) is 4.25. The van der Waals surface area contributed by atoms with Crippen molar-refractivity contribution in [3.63, 3.8) is 0 Å². The summed E-state index contributed by atoms with van der Waals surface area (Å²) >= 11 is 0. The number of carbonyl (C=O) groups excluding carboxylic acids is 2. The SMILES string of the molecule is COc1ccc(Nc2ccc(C(=O)N3CCN(C=O)CC3)nn2)cc1OC. The minimum atomic E-state index is -0.189. The molecule has 0 bridgehead atoms. The molecule has 1 aliphatic heterocycles. The topological polar surface area (TPSA) is 96.9 Å². The number of methoxy groups -OCH3 is 2. The lowest BCUT2D eigenvalue weighted by molar-refractivity contribution is -0.119. The van der Waals surface area contributed by atoms with Gasteiger partial charge in [-0.1, -0.05) is 0 Å². The Hall–Kier alpha value is -3.36. The number of carbonyl (C=O) groups is 2. The third-order valence-electron chi connectivity index (χ3n) is 4.29. The van der Waals surface area contributed by atoms with Crippen LogP contribution < -0.4 is 14.8 Å². The number of hydrogen-bond donors (Lipinski definition) is 1. The molecule has 9 heteroatoms. The zero-order valence-electron chi connectivity index (χ0n) is 15.2. The number of benzene rings is 1. The van der Waals surface area contributed by atoms with Crippen LogP contribution in [0.5, 0.6) is 11.5 Å². The standard InChI is InChI=1S/C18H21N5O4/c1-26-15-5-3-13(11-16(15)27-2)19-17-6-4-14(20-21-17)18(25)23-9-7-22(12-24)8-10-23/h3-6,11-12H,7-10H2,1-2H3,(H,19,21). The van der Waals surface area contributed by atoms with Gasteiger partial charge in [-0.05, 0) is 24.3 Å². The summed E-state index contributed by atoms with van der Waals surface area (Å²) in [5.41, 5.74) is 1.03. The molecule has 1 saturated heterocycles. The third-order valence-corrected chi connectivity index (χ3v) is 4.29. The molecule has 0 spiro atoms. The van der Waals surface area contributed by atoms with Crippen LogP contribution in [0.3, 0.4) is 0 Å². The first-order valence-electron chi connectivity index (χ1n) is 8.46. The highest BCUT2D eigenvalue weighted by atomic mass is 16.5. The maximum absolute atomic E-state index is 12.5. The molecule has 1 fully saturated rings. The molecule has 1 aromatic heterocycles. The molecule has 3 rings (SSSR count). The molecule has 2 amide bonds. The van der Waals surface area contributed by atoms with E-state index in [0.717, 1.165) is 12.1 Å². The Kier molecular flexibility index (Phi) is 5.70. The molecule has 0 unspecified atom stereocenters. The predicted octanol–water partition coefficient (Wildman–Crippen LogP) is 1.15. The fourth-order valence-corrected chi connectivity index (χ4v) is 2.77. The van der Waals surface area contributed by atoms with Crippen LogP contribution in [0.1, 0.15) is 10.5 Å². The smallest absolute Gasteiger partial charge is 0.274 e. The Morgan fingerprint density at radius 2 is 1.78 bits per heavy atom. The minimum Gasteiger partial charge on any atom is -0.493 e. The molecule has 0 radical (unpaired) electrons. The summed E-state index contributed by atoms with van der Waals surface area (Å²) in [5.74, 6) is 1.54. The van der Waals surface area contributed by atoms with E-state index in [2.05, 4.69) is 15.5 Å². The minimum absolute atomic E-state index is 0.189. The van der Waals surface area contributed by atoms with Crippen LogP contribution in [0.25, 0.3) is 0 Å². The van der Waals surface area contributed by atoms with Crippen LogP contribution >= 0.6 is 0 Å². The number of rotatable bonds is 6. The molecule has 1 aromatic carbocycles. The second-order valence-corrected chi connectivity index (χ2v) is 5.93. The zero-order valence-corrected chi connectivity index (χ0v) is 15.2. The van der Waals surface area contributed by atoms with Crippen molar-refractivity contribution in [3.05, 3.63) is 36.0 Å². The van der Waals surface area contributed by atoms with Crippen LogP contribution in [0.15, 0.2) is 30.3 Å². The Labute approximate surface area is 156 Å². The summed E-state index contributed by atoms with van der Waals surface area (Å²) in [6.07, 6.45) is 0.802. The van der Waals surface area contributed by atoms with Gasteiger partial charge >= 0.3 is 0 Å². The average Bonchev–Trinajstić information content (AvgIpc) is 2.73. The molecular formula is C18H21N5O4. The van der Waals surface area contributed by atoms with Crippen LogP contribution in [0.2, 0.25) is 0 Å². The van der Waals surface area contributed by atoms with Gasteiger partial charge in [0.25, 0.3) is 5.91 Å². The average molecular weight is 371 g/mol. The van der Waals surface area contributed by atoms with Crippen molar-refractivity contribution in [1.29, 1.82) is 0 Å². The molecule has 0 aliphatic carbocycles. The lowest BCUT2D eigenvalue weighted by atomic mass is 10.2. The van der Waals surface area contributed by atoms with Crippen molar-refractivity contribution in [1.82, 2.24) is 20.0 Å². The van der Waals surface area contributed by atoms with Gasteiger partial charge in [0.15, 0.2) is 23.0 Å². The molecule has 27 heavy (non-hydrogen) atoms. The Morgan fingerprint density at radius 3 is 2.37 bits per heavy atom. The lowest BCUT2D eigenvalue weighted by Gasteiger charge is -2.32. The van der Waals surface area contributed by atoms with Crippen LogP contribution in [-0.2, 0) is 4.79 Å². The van der Waals surface area contributed by atoms with Crippen molar-refractivity contribution < 1.29 is 19.1 Å². The quantitative estimate of drug-likeness (QED) is 0.761. The van der Waals surface area contributed by atoms with Gasteiger partial charge in [0, 0.05) is 37.9 Å². The highest BCUT2D eigenvalue weighted by Crippen LogP contribution is 2.30. The van der Waals surface area contributed by atoms with E-state index in [-0.39, 0.29) is 11.6 Å². The van der Waals surface area contributed by atoms with Gasteiger partial charge in [-0.25, -0.2) is 0 Å². The van der Waals surface area contributed by atoms with E-state index < -0.39 is 0 Å². The van der Waals surface area contributed by atoms with E-state index in [1.54, 1.807) is 48.3 Å². The predicted molar refractivity (Wildman–Crippen MR) is 98.4 cm³/mol. The van der Waals surface area contributed by atoms with E-state index in [9.17, 15) is 9.59 Å². The van der Waals surface area contributed by atoms with E-state index >= 15 is 0 Å². The summed E-state index contributed by atoms with van der Waals surface area (Å²) in [7, 11) is 3.14. The van der Waals surface area contributed by atoms with Gasteiger partial charge < -0.3 is 24.6 Å². The summed E-state index contributed by atoms with van der Waals surface area (Å²) < 4.78 is 10.5. The maximum Gasteiger partial charge on any atom is 0.274 e. The fraction of sp³-hybridized carbons (Fsp3) is 0.333. The number of aromatic nitrogens is 2. The van der Waals surface area contributed by atoms with Gasteiger partial charge in [0.05, 0.1) is 14.2 Å². The van der Waals surface area contributed by atoms with Crippen LogP contribution in [-0.4, -0.2) is 72.7 Å². The summed E-state index contributed by atoms with van der Waals surface area (Å²) in [4.78, 5) is 26.5. The van der Waals surface area contributed by atoms with Crippen LogP contribution in [0, 0.1) is 0 Å². The Morgan fingerprint density at radius 1 is 1.04 bits per heavy atom. The first-order valence-corrected chi connectivity index (χ1v) is 8.46. The number of anilines is 2. The first kappa shape index (κ1) is 18.4. The van der Waals surface area contributed by atoms with Crippen LogP contribution in [0.4, 0.5) is 11.5 Å². The molecule has 0 atom stereocenters. The lowest BCUT2D eigenvalue weighted by Crippen LogP contribution is -2.48. The summed E-state index contributed by atoms with van der Waals surface area (Å²) in [6.45, 7) is 2.04. The molecule has 1 aliphatic rings. The molecular weight excluding hydrogens is 350 g/mol. The number of nitrogens with zero attached hydrogens (tertiary/aromatic N) is 4. The van der Waals surface area contributed by atoms with Gasteiger partial charge in [0.1, 0.15) is 0 Å². The second kappa shape index (κ2) is 8.35. The first-order chi connectivity index (χ1) is 13.1. The normalized spacial score (nSPS) is 13.9. The van der Waals surface area contributed by atoms with E-state index in [1.165, 1.54) is 0 Å². The number of nitrogens with one attached hydrogen (secondary N) is 1. The Balaban J connectivity index is 1.65. The highest BCUT2D eigenvalue weighted by Gasteiger charge is 2.22. The van der Waals surface area contributed by atoms with E-state index in [0.29, 0.717) is 43.5 Å². The van der Waals surface area contributed by atoms with Gasteiger partial charge in [-0.3, -0.25) is 9.59 Å². The van der Waals surface area contributed by atoms with Crippen molar-refractivity contribution in [2.45, 2.75) is 0 Å². The van der Waals surface area contributed by atoms with Crippen molar-refractivity contribution in [3.8, 4) is 11.5 Å². The van der Waals surface area contributed by atoms with Gasteiger partial charge in [-0.2, -0.15) is 0 Å². The molecule has 1 N–H and O–H groups in total. The van der Waals surface area contributed by atoms with Gasteiger partial charge in [-0.15, -0.1) is 10.2 Å². The van der Waals surface area contributed by atoms with Gasteiger partial charge in [0.2, 0.25) is 6.41 Å². The summed E-state index contributed by atoms with van der Waals surface area (Å²) in [6, 6.07) is 8.72. The highest BCUT2D eigenvalue weighted by molar-refractivity contribution is 5.92. The second-order valence-electron chi connectivity index (χ2n) is 5.93. The van der Waals surface area contributed by atoms with Crippen molar-refractivity contribution >= 4 is 23.8 Å². The zero-order chi connectivity index (χ0) is 19.2. The van der Waals surface area contributed by atoms with E-state index in [4.69, 9.17) is 9.47 Å². The molecule has 9 nitrogen and oxygen atoms in total. The largest absolute Gasteiger partial charge is 0.493 e. The monoisotopic (exact) mass is 371 g/mol. The molecule has 2 heterocycles. The number of hydrogen-bond acceptors (Lipinski definition) is 7. The number of ether oxygens (including phenoxy) is 2. The van der Waals surface area contributed by atoms with Crippen molar-refractivity contribution in [2.24, 2.45) is 0 Å². The fourth-order valence-electron chi connectivity index (χ4n) is 2.77. The Bertz CT molecular complexity index is 804. The van der Waals surface area contributed by atoms with E-state index in [1.807, 2.05) is 6.07 Å². The number of amides is 2. The molecule has 2 aromatic rings. The number of piperazine rings is 1. The summed E-state index contributed by atoms with van der Waals surface area (Å²) in [5, 5.41) is 11.2. The molecule has 0 saturated carbocycles. The molecule has 142 valence electrons.